The molecule has 1 aromatic heterocycles. The van der Waals surface area contributed by atoms with E-state index in [4.69, 9.17) is 9.97 Å². The molecule has 5 aromatic carbocycles. The molecule has 210 valence electrons. The van der Waals surface area contributed by atoms with Gasteiger partial charge in [0.1, 0.15) is 0 Å². The van der Waals surface area contributed by atoms with Crippen molar-refractivity contribution in [3.63, 3.8) is 0 Å². The van der Waals surface area contributed by atoms with Crippen LogP contribution >= 0.6 is 0 Å². The minimum atomic E-state index is -0.109. The van der Waals surface area contributed by atoms with Crippen LogP contribution in [0.25, 0.3) is 56.2 Å². The molecule has 2 aliphatic rings. The van der Waals surface area contributed by atoms with E-state index in [1.807, 2.05) is 30.3 Å². The van der Waals surface area contributed by atoms with Gasteiger partial charge in [-0.05, 0) is 64.4 Å². The maximum Gasteiger partial charge on any atom is 0.160 e. The smallest absolute Gasteiger partial charge is 0.160 e. The molecule has 0 unspecified atom stereocenters. The van der Waals surface area contributed by atoms with Crippen molar-refractivity contribution in [1.29, 1.82) is 5.26 Å². The summed E-state index contributed by atoms with van der Waals surface area (Å²) in [6.45, 7) is 0. The quantitative estimate of drug-likeness (QED) is 0.214. The highest BCUT2D eigenvalue weighted by Gasteiger charge is 2.45. The lowest BCUT2D eigenvalue weighted by Gasteiger charge is -2.37. The predicted octanol–water partition coefficient (Wildman–Crippen LogP) is 10.2. The fourth-order valence-electron chi connectivity index (χ4n) is 7.47. The fraction of sp³-hybridized carbons (Fsp3) is 0.146. The van der Waals surface area contributed by atoms with E-state index in [9.17, 15) is 5.26 Å². The number of fused-ring (bicyclic) bond motifs is 5. The molecular weight excluding hydrogens is 534 g/mol. The highest BCUT2D eigenvalue weighted by Crippen LogP contribution is 2.58. The molecule has 1 saturated carbocycles. The maximum absolute atomic E-state index is 9.80. The molecule has 0 saturated heterocycles. The van der Waals surface area contributed by atoms with Gasteiger partial charge in [-0.15, -0.1) is 0 Å². The van der Waals surface area contributed by atoms with Gasteiger partial charge in [-0.2, -0.15) is 5.26 Å². The summed E-state index contributed by atoms with van der Waals surface area (Å²) < 4.78 is 0. The van der Waals surface area contributed by atoms with Crippen LogP contribution in [0, 0.1) is 11.3 Å². The molecular formula is C41H31N3. The van der Waals surface area contributed by atoms with Crippen LogP contribution in [0.15, 0.2) is 127 Å². The largest absolute Gasteiger partial charge is 0.228 e. The van der Waals surface area contributed by atoms with Crippen molar-refractivity contribution in [1.82, 2.24) is 9.97 Å². The van der Waals surface area contributed by atoms with Gasteiger partial charge in [0.2, 0.25) is 0 Å². The lowest BCUT2D eigenvalue weighted by atomic mass is 9.66. The van der Waals surface area contributed by atoms with Crippen LogP contribution in [-0.2, 0) is 5.41 Å². The van der Waals surface area contributed by atoms with Crippen molar-refractivity contribution in [3.05, 3.63) is 144 Å². The lowest BCUT2D eigenvalue weighted by molar-refractivity contribution is 0.353. The van der Waals surface area contributed by atoms with E-state index in [0.717, 1.165) is 46.7 Å². The van der Waals surface area contributed by atoms with Crippen molar-refractivity contribution in [2.45, 2.75) is 37.5 Å². The number of benzene rings is 5. The summed E-state index contributed by atoms with van der Waals surface area (Å²) in [5.41, 5.74) is 13.3. The maximum atomic E-state index is 9.80. The van der Waals surface area contributed by atoms with Crippen LogP contribution in [-0.4, -0.2) is 9.97 Å². The monoisotopic (exact) mass is 565 g/mol. The summed E-state index contributed by atoms with van der Waals surface area (Å²) in [4.78, 5) is 10.4. The highest BCUT2D eigenvalue weighted by molar-refractivity contribution is 5.89. The summed E-state index contributed by atoms with van der Waals surface area (Å²) >= 11 is 0. The number of nitrogens with zero attached hydrogens (tertiary/aromatic N) is 3. The van der Waals surface area contributed by atoms with Crippen LogP contribution in [0.2, 0.25) is 0 Å². The average Bonchev–Trinajstić information content (AvgIpc) is 3.37. The lowest BCUT2D eigenvalue weighted by Crippen LogP contribution is -2.29. The molecule has 6 aromatic rings. The summed E-state index contributed by atoms with van der Waals surface area (Å²) in [7, 11) is 0. The van der Waals surface area contributed by atoms with Gasteiger partial charge in [0.05, 0.1) is 23.0 Å². The van der Waals surface area contributed by atoms with Crippen molar-refractivity contribution in [2.24, 2.45) is 0 Å². The predicted molar refractivity (Wildman–Crippen MR) is 178 cm³/mol. The Morgan fingerprint density at radius 1 is 0.523 bits per heavy atom. The van der Waals surface area contributed by atoms with Crippen LogP contribution in [0.3, 0.4) is 0 Å². The zero-order chi connectivity index (χ0) is 29.5. The van der Waals surface area contributed by atoms with E-state index in [-0.39, 0.29) is 5.41 Å². The molecule has 0 amide bonds. The van der Waals surface area contributed by atoms with E-state index >= 15 is 0 Å². The molecule has 3 nitrogen and oxygen atoms in total. The molecule has 0 atom stereocenters. The zero-order valence-corrected chi connectivity index (χ0v) is 24.5. The number of nitriles is 1. The molecule has 1 heterocycles. The first kappa shape index (κ1) is 26.3. The minimum Gasteiger partial charge on any atom is -0.228 e. The van der Waals surface area contributed by atoms with Crippen LogP contribution in [0.1, 0.15) is 48.8 Å². The van der Waals surface area contributed by atoms with Crippen molar-refractivity contribution in [3.8, 4) is 62.2 Å². The molecule has 0 radical (unpaired) electrons. The SMILES string of the molecule is N#Cc1ccc2c(c1)C1(CCCCC1)c1c(-c3cc(-c4ccc(-c5ccccc5)cc4)nc(-c4ccccc4)n3)cccc1-2. The Morgan fingerprint density at radius 2 is 1.16 bits per heavy atom. The third-order valence-electron chi connectivity index (χ3n) is 9.53. The average molecular weight is 566 g/mol. The van der Waals surface area contributed by atoms with Crippen LogP contribution < -0.4 is 0 Å². The second kappa shape index (κ2) is 10.7. The van der Waals surface area contributed by atoms with Gasteiger partial charge in [-0.3, -0.25) is 0 Å². The third kappa shape index (κ3) is 4.34. The van der Waals surface area contributed by atoms with E-state index in [1.54, 1.807) is 0 Å². The van der Waals surface area contributed by atoms with Crippen molar-refractivity contribution < 1.29 is 0 Å². The van der Waals surface area contributed by atoms with Crippen LogP contribution in [0.5, 0.6) is 0 Å². The molecule has 3 heteroatoms. The first-order valence-corrected chi connectivity index (χ1v) is 15.5. The van der Waals surface area contributed by atoms with E-state index in [0.29, 0.717) is 0 Å². The van der Waals surface area contributed by atoms with E-state index in [2.05, 4.69) is 103 Å². The Bertz CT molecular complexity index is 2030. The first-order chi connectivity index (χ1) is 21.7. The van der Waals surface area contributed by atoms with Gasteiger partial charge in [-0.25, -0.2) is 9.97 Å². The Morgan fingerprint density at radius 3 is 1.89 bits per heavy atom. The van der Waals surface area contributed by atoms with Gasteiger partial charge < -0.3 is 0 Å². The minimum absolute atomic E-state index is 0.109. The van der Waals surface area contributed by atoms with Crippen molar-refractivity contribution >= 4 is 0 Å². The number of aromatic nitrogens is 2. The molecule has 0 aliphatic heterocycles. The normalized spacial score (nSPS) is 14.5. The van der Waals surface area contributed by atoms with Gasteiger partial charge in [0.15, 0.2) is 5.82 Å². The first-order valence-electron chi connectivity index (χ1n) is 15.5. The Balaban J connectivity index is 1.32. The topological polar surface area (TPSA) is 49.6 Å². The Labute approximate surface area is 258 Å². The van der Waals surface area contributed by atoms with Gasteiger partial charge in [0.25, 0.3) is 0 Å². The summed E-state index contributed by atoms with van der Waals surface area (Å²) in [5.74, 6) is 0.725. The number of hydrogen-bond donors (Lipinski definition) is 0. The molecule has 0 bridgehead atoms. The van der Waals surface area contributed by atoms with Crippen LogP contribution in [0.4, 0.5) is 0 Å². The molecule has 2 aliphatic carbocycles. The third-order valence-corrected chi connectivity index (χ3v) is 9.53. The standard InChI is InChI=1S/C41H31N3/c42-27-28-17-22-33-34-15-10-16-35(39(34)41(36(33)25-28)23-8-3-9-24-41)38-26-37(43-40(44-38)32-13-6-2-7-14-32)31-20-18-30(19-21-31)29-11-4-1-5-12-29/h1-2,4-7,10-22,25-26H,3,8-9,23-24H2. The summed E-state index contributed by atoms with van der Waals surface area (Å²) in [5, 5.41) is 9.80. The number of rotatable bonds is 4. The zero-order valence-electron chi connectivity index (χ0n) is 24.5. The molecule has 1 spiro atoms. The summed E-state index contributed by atoms with van der Waals surface area (Å²) in [6, 6.07) is 46.9. The molecule has 8 rings (SSSR count). The van der Waals surface area contributed by atoms with Gasteiger partial charge in [0, 0.05) is 22.1 Å². The molecule has 44 heavy (non-hydrogen) atoms. The Kier molecular flexibility index (Phi) is 6.42. The molecule has 1 fully saturated rings. The van der Waals surface area contributed by atoms with E-state index in [1.165, 1.54) is 58.2 Å². The second-order valence-corrected chi connectivity index (χ2v) is 12.0. The van der Waals surface area contributed by atoms with Gasteiger partial charge >= 0.3 is 0 Å². The Hall–Kier alpha value is -5.33. The molecule has 0 N–H and O–H groups in total. The highest BCUT2D eigenvalue weighted by atomic mass is 14.9. The summed E-state index contributed by atoms with van der Waals surface area (Å²) in [6.07, 6.45) is 5.79. The van der Waals surface area contributed by atoms with E-state index < -0.39 is 0 Å². The number of hydrogen-bond acceptors (Lipinski definition) is 3. The van der Waals surface area contributed by atoms with Gasteiger partial charge in [-0.1, -0.05) is 128 Å². The second-order valence-electron chi connectivity index (χ2n) is 12.0. The fourth-order valence-corrected chi connectivity index (χ4v) is 7.47. The van der Waals surface area contributed by atoms with Crippen molar-refractivity contribution in [2.75, 3.05) is 0 Å².